The van der Waals surface area contributed by atoms with E-state index in [0.29, 0.717) is 0 Å². The normalized spacial score (nSPS) is 10.8. The van der Waals surface area contributed by atoms with Crippen molar-refractivity contribution in [1.82, 2.24) is 4.98 Å². The molecule has 2 aromatic rings. The molecule has 1 N–H and O–H groups in total. The van der Waals surface area contributed by atoms with E-state index in [4.69, 9.17) is 0 Å². The van der Waals surface area contributed by atoms with Crippen LogP contribution in [0.1, 0.15) is 24.2 Å². The molecule has 1 aromatic heterocycles. The van der Waals surface area contributed by atoms with E-state index in [1.165, 1.54) is 4.90 Å². The smallest absolute Gasteiger partial charge is 0.161 e. The van der Waals surface area contributed by atoms with Gasteiger partial charge in [-0.3, -0.25) is 4.79 Å². The molecule has 0 radical (unpaired) electrons. The molecular weight excluding hydrogens is 206 g/mol. The summed E-state index contributed by atoms with van der Waals surface area (Å²) in [7, 11) is 0. The van der Waals surface area contributed by atoms with Gasteiger partial charge in [0.1, 0.15) is 0 Å². The molecule has 0 amide bonds. The summed E-state index contributed by atoms with van der Waals surface area (Å²) in [6.45, 7) is 3.72. The monoisotopic (exact) mass is 219 g/mol. The first-order chi connectivity index (χ1) is 7.22. The van der Waals surface area contributed by atoms with Crippen LogP contribution in [-0.4, -0.2) is 16.5 Å². The van der Waals surface area contributed by atoms with Crippen LogP contribution in [0.3, 0.4) is 0 Å². The average molecular weight is 219 g/mol. The summed E-state index contributed by atoms with van der Waals surface area (Å²) in [5.74, 6) is 1.16. The van der Waals surface area contributed by atoms with Crippen LogP contribution in [0.2, 0.25) is 0 Å². The largest absolute Gasteiger partial charge is 0.360 e. The Labute approximate surface area is 93.1 Å². The molecule has 0 fully saturated rings. The van der Waals surface area contributed by atoms with E-state index in [2.05, 4.69) is 24.0 Å². The summed E-state index contributed by atoms with van der Waals surface area (Å²) in [5, 5.41) is 1.03. The van der Waals surface area contributed by atoms with Gasteiger partial charge in [-0.1, -0.05) is 6.92 Å². The summed E-state index contributed by atoms with van der Waals surface area (Å²) in [6, 6.07) is 6.19. The van der Waals surface area contributed by atoms with Crippen molar-refractivity contribution in [3.63, 3.8) is 0 Å². The van der Waals surface area contributed by atoms with Crippen molar-refractivity contribution in [2.45, 2.75) is 18.7 Å². The lowest BCUT2D eigenvalue weighted by Crippen LogP contribution is -1.88. The third kappa shape index (κ3) is 1.92. The predicted molar refractivity (Wildman–Crippen MR) is 64.7 cm³/mol. The second kappa shape index (κ2) is 4.11. The summed E-state index contributed by atoms with van der Waals surface area (Å²) in [5.41, 5.74) is 1.81. The van der Waals surface area contributed by atoms with Gasteiger partial charge in [-0.2, -0.15) is 0 Å². The topological polar surface area (TPSA) is 32.9 Å². The van der Waals surface area contributed by atoms with E-state index in [1.807, 2.05) is 6.07 Å². The van der Waals surface area contributed by atoms with Crippen LogP contribution in [0.15, 0.2) is 29.3 Å². The lowest BCUT2D eigenvalue weighted by atomic mass is 10.1. The maximum atomic E-state index is 11.4. The number of hydrogen-bond donors (Lipinski definition) is 1. The standard InChI is InChI=1S/C12H13NOS/c1-3-15-9-4-5-12-10(6-9)11(7-13-12)8(2)14/h4-7,13H,3H2,1-2H3. The minimum Gasteiger partial charge on any atom is -0.360 e. The number of benzene rings is 1. The number of carbonyl (C=O) groups excluding carboxylic acids is 1. The Kier molecular flexibility index (Phi) is 2.82. The van der Waals surface area contributed by atoms with Gasteiger partial charge in [-0.15, -0.1) is 11.8 Å². The van der Waals surface area contributed by atoms with Crippen LogP contribution >= 0.6 is 11.8 Å². The van der Waals surface area contributed by atoms with Gasteiger partial charge < -0.3 is 4.98 Å². The fourth-order valence-electron chi connectivity index (χ4n) is 1.65. The Bertz CT molecular complexity index is 501. The lowest BCUT2D eigenvalue weighted by molar-refractivity contribution is 0.101. The van der Waals surface area contributed by atoms with Crippen molar-refractivity contribution >= 4 is 28.4 Å². The van der Waals surface area contributed by atoms with E-state index in [9.17, 15) is 4.79 Å². The number of H-pyrrole nitrogens is 1. The molecule has 0 aliphatic carbocycles. The van der Waals surface area contributed by atoms with Crippen molar-refractivity contribution in [3.05, 3.63) is 30.0 Å². The zero-order valence-electron chi connectivity index (χ0n) is 8.83. The van der Waals surface area contributed by atoms with Crippen molar-refractivity contribution in [1.29, 1.82) is 0 Å². The van der Waals surface area contributed by atoms with Gasteiger partial charge in [-0.25, -0.2) is 0 Å². The molecule has 0 aliphatic heterocycles. The van der Waals surface area contributed by atoms with E-state index in [0.717, 1.165) is 22.2 Å². The number of carbonyl (C=O) groups is 1. The van der Waals surface area contributed by atoms with Gasteiger partial charge in [0.15, 0.2) is 5.78 Å². The molecule has 2 nitrogen and oxygen atoms in total. The average Bonchev–Trinajstić information content (AvgIpc) is 2.61. The number of Topliss-reactive ketones (excluding diaryl/α,β-unsaturated/α-hetero) is 1. The first-order valence-corrected chi connectivity index (χ1v) is 5.96. The first-order valence-electron chi connectivity index (χ1n) is 4.97. The molecule has 0 spiro atoms. The highest BCUT2D eigenvalue weighted by molar-refractivity contribution is 7.99. The van der Waals surface area contributed by atoms with Gasteiger partial charge >= 0.3 is 0 Å². The van der Waals surface area contributed by atoms with Gasteiger partial charge in [0.05, 0.1) is 0 Å². The fraction of sp³-hybridized carbons (Fsp3) is 0.250. The molecule has 0 bridgehead atoms. The van der Waals surface area contributed by atoms with E-state index in [1.54, 1.807) is 24.9 Å². The summed E-state index contributed by atoms with van der Waals surface area (Å²) in [6.07, 6.45) is 1.79. The van der Waals surface area contributed by atoms with Gasteiger partial charge in [-0.05, 0) is 30.9 Å². The number of aromatic amines is 1. The van der Waals surface area contributed by atoms with E-state index in [-0.39, 0.29) is 5.78 Å². The number of ketones is 1. The number of hydrogen-bond acceptors (Lipinski definition) is 2. The van der Waals surface area contributed by atoms with Crippen molar-refractivity contribution < 1.29 is 4.79 Å². The van der Waals surface area contributed by atoms with Crippen molar-refractivity contribution in [2.24, 2.45) is 0 Å². The second-order valence-electron chi connectivity index (χ2n) is 3.40. The minimum absolute atomic E-state index is 0.111. The number of nitrogens with one attached hydrogen (secondary N) is 1. The van der Waals surface area contributed by atoms with Crippen LogP contribution in [0.5, 0.6) is 0 Å². The van der Waals surface area contributed by atoms with Crippen LogP contribution in [0.25, 0.3) is 10.9 Å². The molecule has 2 rings (SSSR count). The van der Waals surface area contributed by atoms with Crippen LogP contribution in [0, 0.1) is 0 Å². The summed E-state index contributed by atoms with van der Waals surface area (Å²) >= 11 is 1.79. The SMILES string of the molecule is CCSc1ccc2[nH]cc(C(C)=O)c2c1. The van der Waals surface area contributed by atoms with Crippen LogP contribution < -0.4 is 0 Å². The third-order valence-corrected chi connectivity index (χ3v) is 3.22. The Morgan fingerprint density at radius 1 is 1.47 bits per heavy atom. The van der Waals surface area contributed by atoms with Crippen molar-refractivity contribution in [2.75, 3.05) is 5.75 Å². The fourth-order valence-corrected chi connectivity index (χ4v) is 2.35. The zero-order valence-corrected chi connectivity index (χ0v) is 9.65. The quantitative estimate of drug-likeness (QED) is 0.633. The molecule has 0 saturated carbocycles. The second-order valence-corrected chi connectivity index (χ2v) is 4.74. The van der Waals surface area contributed by atoms with E-state index < -0.39 is 0 Å². The minimum atomic E-state index is 0.111. The van der Waals surface area contributed by atoms with Gasteiger partial charge in [0, 0.05) is 27.6 Å². The molecule has 1 heterocycles. The predicted octanol–water partition coefficient (Wildman–Crippen LogP) is 3.48. The molecule has 15 heavy (non-hydrogen) atoms. The molecular formula is C12H13NOS. The van der Waals surface area contributed by atoms with Crippen LogP contribution in [-0.2, 0) is 0 Å². The number of aromatic nitrogens is 1. The first kappa shape index (κ1) is 10.3. The zero-order chi connectivity index (χ0) is 10.8. The van der Waals surface area contributed by atoms with Crippen molar-refractivity contribution in [3.8, 4) is 0 Å². The molecule has 0 atom stereocenters. The molecule has 3 heteroatoms. The third-order valence-electron chi connectivity index (χ3n) is 2.34. The number of thioether (sulfide) groups is 1. The highest BCUT2D eigenvalue weighted by Gasteiger charge is 2.07. The molecule has 1 aromatic carbocycles. The highest BCUT2D eigenvalue weighted by atomic mass is 32.2. The Morgan fingerprint density at radius 2 is 2.27 bits per heavy atom. The maximum Gasteiger partial charge on any atom is 0.161 e. The molecule has 0 unspecified atom stereocenters. The summed E-state index contributed by atoms with van der Waals surface area (Å²) < 4.78 is 0. The Morgan fingerprint density at radius 3 is 2.93 bits per heavy atom. The van der Waals surface area contributed by atoms with E-state index >= 15 is 0 Å². The molecule has 0 saturated heterocycles. The number of rotatable bonds is 3. The molecule has 78 valence electrons. The highest BCUT2D eigenvalue weighted by Crippen LogP contribution is 2.25. The number of fused-ring (bicyclic) bond motifs is 1. The summed E-state index contributed by atoms with van der Waals surface area (Å²) in [4.78, 5) is 15.7. The van der Waals surface area contributed by atoms with Gasteiger partial charge in [0.2, 0.25) is 0 Å². The van der Waals surface area contributed by atoms with Crippen LogP contribution in [0.4, 0.5) is 0 Å². The maximum absolute atomic E-state index is 11.4. The lowest BCUT2D eigenvalue weighted by Gasteiger charge is -1.99. The van der Waals surface area contributed by atoms with Gasteiger partial charge in [0.25, 0.3) is 0 Å². The Balaban J connectivity index is 2.56. The Hall–Kier alpha value is -1.22. The molecule has 0 aliphatic rings.